The summed E-state index contributed by atoms with van der Waals surface area (Å²) in [5.74, 6) is 2.27. The lowest BCUT2D eigenvalue weighted by atomic mass is 10.2. The van der Waals surface area contributed by atoms with E-state index in [9.17, 15) is 14.9 Å². The van der Waals surface area contributed by atoms with Crippen molar-refractivity contribution in [2.75, 3.05) is 12.3 Å². The molecule has 2 heterocycles. The van der Waals surface area contributed by atoms with E-state index in [1.807, 2.05) is 19.1 Å². The number of carbonyl (C=O) groups is 1. The van der Waals surface area contributed by atoms with Gasteiger partial charge < -0.3 is 9.32 Å². The van der Waals surface area contributed by atoms with Gasteiger partial charge in [0.05, 0.1) is 4.92 Å². The minimum absolute atomic E-state index is 0.0226. The van der Waals surface area contributed by atoms with E-state index in [0.29, 0.717) is 12.1 Å². The minimum Gasteiger partial charge on any atom is -0.463 e. The number of hydrogen-bond donors (Lipinski definition) is 0. The van der Waals surface area contributed by atoms with Crippen LogP contribution >= 0.6 is 11.8 Å². The minimum atomic E-state index is -0.478. The lowest BCUT2D eigenvalue weighted by molar-refractivity contribution is -0.384. The molecule has 1 aromatic heterocycles. The van der Waals surface area contributed by atoms with Crippen LogP contribution in [0.1, 0.15) is 27.3 Å². The highest BCUT2D eigenvalue weighted by Crippen LogP contribution is 2.39. The second kappa shape index (κ2) is 5.84. The molecule has 1 fully saturated rings. The number of rotatable bonds is 3. The SMILES string of the molecule is Cc1ccc(C2SCCN2C(=O)c2ccc([N+](=O)[O-])cc2)o1. The molecule has 22 heavy (non-hydrogen) atoms. The molecule has 1 atom stereocenters. The molecule has 1 saturated heterocycles. The standard InChI is InChI=1S/C15H14N2O4S/c1-10-2-7-13(21-10)15-16(8-9-22-15)14(18)11-3-5-12(6-4-11)17(19)20/h2-7,15H,8-9H2,1H3. The van der Waals surface area contributed by atoms with E-state index in [-0.39, 0.29) is 17.0 Å². The molecule has 1 aliphatic heterocycles. The Balaban J connectivity index is 1.82. The largest absolute Gasteiger partial charge is 0.463 e. The fraction of sp³-hybridized carbons (Fsp3) is 0.267. The molecule has 0 spiro atoms. The van der Waals surface area contributed by atoms with Gasteiger partial charge in [-0.1, -0.05) is 0 Å². The molecule has 0 bridgehead atoms. The lowest BCUT2D eigenvalue weighted by Crippen LogP contribution is -2.30. The summed E-state index contributed by atoms with van der Waals surface area (Å²) in [4.78, 5) is 24.6. The van der Waals surface area contributed by atoms with Crippen molar-refractivity contribution in [2.24, 2.45) is 0 Å². The second-order valence-electron chi connectivity index (χ2n) is 4.97. The number of amides is 1. The van der Waals surface area contributed by atoms with Crippen LogP contribution < -0.4 is 0 Å². The Morgan fingerprint density at radius 3 is 2.64 bits per heavy atom. The number of hydrogen-bond acceptors (Lipinski definition) is 5. The third-order valence-electron chi connectivity index (χ3n) is 3.48. The molecule has 0 saturated carbocycles. The summed E-state index contributed by atoms with van der Waals surface area (Å²) in [6.07, 6.45) is 0. The highest BCUT2D eigenvalue weighted by molar-refractivity contribution is 7.99. The molecule has 2 aromatic rings. The van der Waals surface area contributed by atoms with E-state index in [4.69, 9.17) is 4.42 Å². The zero-order valence-corrected chi connectivity index (χ0v) is 12.7. The van der Waals surface area contributed by atoms with E-state index in [2.05, 4.69) is 0 Å². The molecule has 0 N–H and O–H groups in total. The summed E-state index contributed by atoms with van der Waals surface area (Å²) in [6, 6.07) is 9.45. The maximum absolute atomic E-state index is 12.6. The van der Waals surface area contributed by atoms with Gasteiger partial charge in [0.15, 0.2) is 0 Å². The van der Waals surface area contributed by atoms with Gasteiger partial charge in [-0.05, 0) is 31.2 Å². The Morgan fingerprint density at radius 1 is 1.32 bits per heavy atom. The third kappa shape index (κ3) is 2.71. The average molecular weight is 318 g/mol. The van der Waals surface area contributed by atoms with E-state index >= 15 is 0 Å². The first-order valence-corrected chi connectivity index (χ1v) is 7.84. The van der Waals surface area contributed by atoms with Crippen molar-refractivity contribution in [2.45, 2.75) is 12.3 Å². The maximum Gasteiger partial charge on any atom is 0.269 e. The Hall–Kier alpha value is -2.28. The monoisotopic (exact) mass is 318 g/mol. The molecule has 0 radical (unpaired) electrons. The Kier molecular flexibility index (Phi) is 3.89. The summed E-state index contributed by atoms with van der Waals surface area (Å²) in [5.41, 5.74) is 0.423. The first-order valence-electron chi connectivity index (χ1n) is 6.79. The maximum atomic E-state index is 12.6. The van der Waals surface area contributed by atoms with Crippen LogP contribution in [0.2, 0.25) is 0 Å². The van der Waals surface area contributed by atoms with Gasteiger partial charge in [0, 0.05) is 30.0 Å². The molecule has 1 unspecified atom stereocenters. The van der Waals surface area contributed by atoms with Gasteiger partial charge in [-0.15, -0.1) is 11.8 Å². The van der Waals surface area contributed by atoms with Crippen molar-refractivity contribution >= 4 is 23.4 Å². The summed E-state index contributed by atoms with van der Waals surface area (Å²) >= 11 is 1.65. The molecule has 1 aliphatic rings. The van der Waals surface area contributed by atoms with Crippen molar-refractivity contribution < 1.29 is 14.1 Å². The number of nitro groups is 1. The summed E-state index contributed by atoms with van der Waals surface area (Å²) in [7, 11) is 0. The number of carbonyl (C=O) groups excluding carboxylic acids is 1. The van der Waals surface area contributed by atoms with Crippen molar-refractivity contribution in [1.29, 1.82) is 0 Å². The molecule has 1 aromatic carbocycles. The van der Waals surface area contributed by atoms with Crippen molar-refractivity contribution in [3.63, 3.8) is 0 Å². The highest BCUT2D eigenvalue weighted by atomic mass is 32.2. The van der Waals surface area contributed by atoms with Crippen LogP contribution in [0.3, 0.4) is 0 Å². The van der Waals surface area contributed by atoms with E-state index in [1.165, 1.54) is 24.3 Å². The predicted molar refractivity (Wildman–Crippen MR) is 82.8 cm³/mol. The second-order valence-corrected chi connectivity index (χ2v) is 6.16. The van der Waals surface area contributed by atoms with Gasteiger partial charge in [0.2, 0.25) is 0 Å². The van der Waals surface area contributed by atoms with Crippen molar-refractivity contribution in [1.82, 2.24) is 4.90 Å². The van der Waals surface area contributed by atoms with Crippen LogP contribution in [0.25, 0.3) is 0 Å². The number of benzene rings is 1. The van der Waals surface area contributed by atoms with E-state index in [0.717, 1.165) is 17.3 Å². The number of furan rings is 1. The molecular weight excluding hydrogens is 304 g/mol. The summed E-state index contributed by atoms with van der Waals surface area (Å²) in [6.45, 7) is 2.50. The van der Waals surface area contributed by atoms with E-state index in [1.54, 1.807) is 16.7 Å². The normalized spacial score (nSPS) is 17.7. The molecule has 7 heteroatoms. The summed E-state index contributed by atoms with van der Waals surface area (Å²) < 4.78 is 5.63. The molecule has 114 valence electrons. The first kappa shape index (κ1) is 14.6. The third-order valence-corrected chi connectivity index (χ3v) is 4.70. The summed E-state index contributed by atoms with van der Waals surface area (Å²) in [5, 5.41) is 10.5. The number of thioether (sulfide) groups is 1. The lowest BCUT2D eigenvalue weighted by Gasteiger charge is -2.22. The number of aryl methyl sites for hydroxylation is 1. The van der Waals surface area contributed by atoms with Crippen LogP contribution in [-0.2, 0) is 0 Å². The highest BCUT2D eigenvalue weighted by Gasteiger charge is 2.33. The molecule has 0 aliphatic carbocycles. The molecule has 3 rings (SSSR count). The van der Waals surface area contributed by atoms with Crippen LogP contribution in [0.5, 0.6) is 0 Å². The van der Waals surface area contributed by atoms with Crippen LogP contribution in [-0.4, -0.2) is 28.0 Å². The molecular formula is C15H14N2O4S. The zero-order chi connectivity index (χ0) is 15.7. The van der Waals surface area contributed by atoms with Gasteiger partial charge in [-0.25, -0.2) is 0 Å². The number of nitrogens with zero attached hydrogens (tertiary/aromatic N) is 2. The Morgan fingerprint density at radius 2 is 2.05 bits per heavy atom. The van der Waals surface area contributed by atoms with Gasteiger partial charge in [-0.2, -0.15) is 0 Å². The fourth-order valence-electron chi connectivity index (χ4n) is 2.39. The quantitative estimate of drug-likeness (QED) is 0.640. The van der Waals surface area contributed by atoms with Crippen LogP contribution in [0.4, 0.5) is 5.69 Å². The van der Waals surface area contributed by atoms with E-state index < -0.39 is 4.92 Å². The first-order chi connectivity index (χ1) is 10.6. The van der Waals surface area contributed by atoms with Crippen LogP contribution in [0.15, 0.2) is 40.8 Å². The van der Waals surface area contributed by atoms with Gasteiger partial charge in [0.25, 0.3) is 11.6 Å². The van der Waals surface area contributed by atoms with Crippen molar-refractivity contribution in [3.05, 3.63) is 63.6 Å². The Labute approximate surface area is 131 Å². The van der Waals surface area contributed by atoms with Crippen LogP contribution in [0, 0.1) is 17.0 Å². The Bertz CT molecular complexity index is 711. The molecule has 1 amide bonds. The predicted octanol–water partition coefficient (Wildman–Crippen LogP) is 3.38. The zero-order valence-electron chi connectivity index (χ0n) is 11.9. The average Bonchev–Trinajstić information content (AvgIpc) is 3.15. The molecule has 6 nitrogen and oxygen atoms in total. The van der Waals surface area contributed by atoms with Gasteiger partial charge >= 0.3 is 0 Å². The topological polar surface area (TPSA) is 76.6 Å². The fourth-order valence-corrected chi connectivity index (χ4v) is 3.59. The van der Waals surface area contributed by atoms with Gasteiger partial charge in [-0.3, -0.25) is 14.9 Å². The number of non-ortho nitro benzene ring substituents is 1. The smallest absolute Gasteiger partial charge is 0.269 e. The number of nitro benzene ring substituents is 1. The van der Waals surface area contributed by atoms with Gasteiger partial charge in [0.1, 0.15) is 16.9 Å². The van der Waals surface area contributed by atoms with Crippen molar-refractivity contribution in [3.8, 4) is 0 Å².